The molecule has 1 heterocycles. The fraction of sp³-hybridized carbons (Fsp3) is 0.278. The van der Waals surface area contributed by atoms with Gasteiger partial charge in [0.25, 0.3) is 5.91 Å². The minimum atomic E-state index is 0.0272. The van der Waals surface area contributed by atoms with E-state index in [4.69, 9.17) is 17.3 Å². The lowest BCUT2D eigenvalue weighted by Crippen LogP contribution is -2.29. The zero-order valence-corrected chi connectivity index (χ0v) is 13.0. The maximum Gasteiger partial charge on any atom is 0.253 e. The van der Waals surface area contributed by atoms with Crippen LogP contribution in [0.1, 0.15) is 21.8 Å². The fourth-order valence-corrected chi connectivity index (χ4v) is 3.35. The molecule has 0 aliphatic carbocycles. The van der Waals surface area contributed by atoms with Crippen LogP contribution in [0.15, 0.2) is 54.6 Å². The van der Waals surface area contributed by atoms with Crippen LogP contribution in [0.25, 0.3) is 0 Å². The van der Waals surface area contributed by atoms with E-state index >= 15 is 0 Å². The molecule has 2 N–H and O–H groups in total. The predicted molar refractivity (Wildman–Crippen MR) is 89.1 cm³/mol. The van der Waals surface area contributed by atoms with Crippen molar-refractivity contribution in [3.63, 3.8) is 0 Å². The van der Waals surface area contributed by atoms with Gasteiger partial charge in [-0.25, -0.2) is 0 Å². The Labute approximate surface area is 135 Å². The van der Waals surface area contributed by atoms with E-state index in [2.05, 4.69) is 12.1 Å². The number of carbonyl (C=O) groups excluding carboxylic acids is 1. The van der Waals surface area contributed by atoms with E-state index in [0.29, 0.717) is 42.1 Å². The lowest BCUT2D eigenvalue weighted by Gasteiger charge is -2.17. The molecule has 22 heavy (non-hydrogen) atoms. The Kier molecular flexibility index (Phi) is 4.46. The summed E-state index contributed by atoms with van der Waals surface area (Å²) >= 11 is 5.99. The molecule has 2 aromatic carbocycles. The van der Waals surface area contributed by atoms with Gasteiger partial charge in [0.1, 0.15) is 0 Å². The second-order valence-electron chi connectivity index (χ2n) is 5.73. The van der Waals surface area contributed by atoms with Gasteiger partial charge in [0.05, 0.1) is 0 Å². The molecule has 2 aromatic rings. The summed E-state index contributed by atoms with van der Waals surface area (Å²) in [4.78, 5) is 14.6. The molecule has 1 saturated heterocycles. The monoisotopic (exact) mass is 314 g/mol. The Hall–Kier alpha value is -1.84. The van der Waals surface area contributed by atoms with Crippen molar-refractivity contribution in [2.45, 2.75) is 5.92 Å². The predicted octanol–water partition coefficient (Wildman–Crippen LogP) is 3.15. The van der Waals surface area contributed by atoms with Crippen molar-refractivity contribution in [1.29, 1.82) is 0 Å². The number of halogens is 1. The molecule has 0 bridgehead atoms. The van der Waals surface area contributed by atoms with Gasteiger partial charge in [0, 0.05) is 29.6 Å². The zero-order chi connectivity index (χ0) is 15.5. The SMILES string of the molecule is NC[C@@H]1CN(C(=O)c2cccc(Cl)c2)C[C@H]1c1ccccc1. The number of nitrogens with two attached hydrogens (primary N) is 1. The van der Waals surface area contributed by atoms with Gasteiger partial charge in [-0.05, 0) is 36.2 Å². The Balaban J connectivity index is 1.81. The first-order chi connectivity index (χ1) is 10.7. The molecule has 3 rings (SSSR count). The first-order valence-electron chi connectivity index (χ1n) is 7.49. The highest BCUT2D eigenvalue weighted by atomic mass is 35.5. The van der Waals surface area contributed by atoms with Crippen molar-refractivity contribution >= 4 is 17.5 Å². The average Bonchev–Trinajstić information content (AvgIpc) is 2.99. The molecular weight excluding hydrogens is 296 g/mol. The van der Waals surface area contributed by atoms with Crippen LogP contribution in [-0.4, -0.2) is 30.4 Å². The Bertz CT molecular complexity index is 659. The van der Waals surface area contributed by atoms with Crippen LogP contribution >= 0.6 is 11.6 Å². The number of hydrogen-bond acceptors (Lipinski definition) is 2. The van der Waals surface area contributed by atoms with E-state index in [-0.39, 0.29) is 5.91 Å². The molecule has 1 amide bonds. The van der Waals surface area contributed by atoms with Crippen LogP contribution in [-0.2, 0) is 0 Å². The van der Waals surface area contributed by atoms with Gasteiger partial charge >= 0.3 is 0 Å². The van der Waals surface area contributed by atoms with Crippen molar-refractivity contribution in [1.82, 2.24) is 4.90 Å². The number of benzene rings is 2. The van der Waals surface area contributed by atoms with Gasteiger partial charge in [-0.1, -0.05) is 48.0 Å². The third-order valence-corrected chi connectivity index (χ3v) is 4.57. The Morgan fingerprint density at radius 3 is 2.59 bits per heavy atom. The van der Waals surface area contributed by atoms with Crippen LogP contribution in [0.5, 0.6) is 0 Å². The number of nitrogens with zero attached hydrogens (tertiary/aromatic N) is 1. The van der Waals surface area contributed by atoms with Gasteiger partial charge in [0.15, 0.2) is 0 Å². The summed E-state index contributed by atoms with van der Waals surface area (Å²) in [6, 6.07) is 17.4. The third kappa shape index (κ3) is 3.01. The largest absolute Gasteiger partial charge is 0.338 e. The van der Waals surface area contributed by atoms with E-state index in [0.717, 1.165) is 0 Å². The van der Waals surface area contributed by atoms with Gasteiger partial charge in [-0.3, -0.25) is 4.79 Å². The van der Waals surface area contributed by atoms with Crippen LogP contribution < -0.4 is 5.73 Å². The van der Waals surface area contributed by atoms with E-state index < -0.39 is 0 Å². The highest BCUT2D eigenvalue weighted by Gasteiger charge is 2.35. The summed E-state index contributed by atoms with van der Waals surface area (Å²) in [7, 11) is 0. The molecule has 1 aliphatic rings. The molecule has 3 nitrogen and oxygen atoms in total. The topological polar surface area (TPSA) is 46.3 Å². The Morgan fingerprint density at radius 2 is 1.91 bits per heavy atom. The Morgan fingerprint density at radius 1 is 1.14 bits per heavy atom. The number of likely N-dealkylation sites (tertiary alicyclic amines) is 1. The summed E-state index contributed by atoms with van der Waals surface area (Å²) in [5.74, 6) is 0.624. The van der Waals surface area contributed by atoms with Crippen molar-refractivity contribution < 1.29 is 4.79 Å². The van der Waals surface area contributed by atoms with Gasteiger partial charge in [-0.15, -0.1) is 0 Å². The molecule has 0 aromatic heterocycles. The van der Waals surface area contributed by atoms with Gasteiger partial charge < -0.3 is 10.6 Å². The quantitative estimate of drug-likeness (QED) is 0.946. The molecule has 4 heteroatoms. The van der Waals surface area contributed by atoms with Gasteiger partial charge in [-0.2, -0.15) is 0 Å². The summed E-state index contributed by atoms with van der Waals surface area (Å²) in [5.41, 5.74) is 7.81. The number of hydrogen-bond donors (Lipinski definition) is 1. The number of amides is 1. The summed E-state index contributed by atoms with van der Waals surface area (Å²) in [5, 5.41) is 0.583. The van der Waals surface area contributed by atoms with E-state index in [1.54, 1.807) is 18.2 Å². The maximum atomic E-state index is 12.7. The standard InChI is InChI=1S/C18H19ClN2O/c19-16-8-4-7-14(9-16)18(22)21-11-15(10-20)17(12-21)13-5-2-1-3-6-13/h1-9,15,17H,10-12,20H2/t15-,17+/m1/s1. The molecule has 2 atom stereocenters. The van der Waals surface area contributed by atoms with Crippen molar-refractivity contribution in [3.05, 3.63) is 70.7 Å². The fourth-order valence-electron chi connectivity index (χ4n) is 3.16. The van der Waals surface area contributed by atoms with Crippen molar-refractivity contribution in [3.8, 4) is 0 Å². The van der Waals surface area contributed by atoms with Crippen molar-refractivity contribution in [2.75, 3.05) is 19.6 Å². The van der Waals surface area contributed by atoms with E-state index in [9.17, 15) is 4.79 Å². The second kappa shape index (κ2) is 6.51. The first kappa shape index (κ1) is 15.1. The smallest absolute Gasteiger partial charge is 0.253 e. The molecular formula is C18H19ClN2O. The lowest BCUT2D eigenvalue weighted by atomic mass is 9.89. The highest BCUT2D eigenvalue weighted by Crippen LogP contribution is 2.32. The molecule has 0 unspecified atom stereocenters. The normalized spacial score (nSPS) is 21.1. The highest BCUT2D eigenvalue weighted by molar-refractivity contribution is 6.30. The summed E-state index contributed by atoms with van der Waals surface area (Å²) in [6.07, 6.45) is 0. The molecule has 1 aliphatic heterocycles. The van der Waals surface area contributed by atoms with Crippen LogP contribution in [0.3, 0.4) is 0 Å². The van der Waals surface area contributed by atoms with Crippen molar-refractivity contribution in [2.24, 2.45) is 11.7 Å². The first-order valence-corrected chi connectivity index (χ1v) is 7.86. The van der Waals surface area contributed by atoms with Crippen LogP contribution in [0.2, 0.25) is 5.02 Å². The molecule has 0 saturated carbocycles. The minimum Gasteiger partial charge on any atom is -0.338 e. The average molecular weight is 315 g/mol. The van der Waals surface area contributed by atoms with Gasteiger partial charge in [0.2, 0.25) is 0 Å². The summed E-state index contributed by atoms with van der Waals surface area (Å²) < 4.78 is 0. The van der Waals surface area contributed by atoms with Crippen LogP contribution in [0.4, 0.5) is 0 Å². The van der Waals surface area contributed by atoms with Crippen LogP contribution in [0, 0.1) is 5.92 Å². The van der Waals surface area contributed by atoms with E-state index in [1.807, 2.05) is 29.2 Å². The zero-order valence-electron chi connectivity index (χ0n) is 12.3. The minimum absolute atomic E-state index is 0.0272. The number of rotatable bonds is 3. The molecule has 1 fully saturated rings. The second-order valence-corrected chi connectivity index (χ2v) is 6.17. The molecule has 114 valence electrons. The lowest BCUT2D eigenvalue weighted by molar-refractivity contribution is 0.0786. The van der Waals surface area contributed by atoms with E-state index in [1.165, 1.54) is 5.56 Å². The third-order valence-electron chi connectivity index (χ3n) is 4.33. The molecule has 0 spiro atoms. The summed E-state index contributed by atoms with van der Waals surface area (Å²) in [6.45, 7) is 1.98. The number of carbonyl (C=O) groups is 1. The molecule has 0 radical (unpaired) electrons. The maximum absolute atomic E-state index is 12.7.